The van der Waals surface area contributed by atoms with Gasteiger partial charge in [-0.3, -0.25) is 0 Å². The van der Waals surface area contributed by atoms with Crippen molar-refractivity contribution in [2.45, 2.75) is 38.0 Å². The predicted octanol–water partition coefficient (Wildman–Crippen LogP) is 11.4. The third kappa shape index (κ3) is 4.02. The van der Waals surface area contributed by atoms with Gasteiger partial charge in [-0.25, -0.2) is 0 Å². The van der Waals surface area contributed by atoms with E-state index < -0.39 is 0 Å². The topological polar surface area (TPSA) is 9.86 Å². The number of hydrogen-bond acceptors (Lipinski definition) is 0. The third-order valence-electron chi connectivity index (χ3n) is 10.6. The van der Waals surface area contributed by atoms with Crippen molar-refractivity contribution in [3.05, 3.63) is 157 Å². The molecule has 2 heterocycles. The molecule has 218 valence electrons. The van der Waals surface area contributed by atoms with Crippen LogP contribution in [0.25, 0.3) is 55.0 Å². The van der Waals surface area contributed by atoms with E-state index in [9.17, 15) is 0 Å². The SMILES string of the molecule is CC1CCC(c2ccc(-n3c4ccccc4c4ccccc43)cc2)(c2ccc(-n3c4ccccc4c4ccccc43)cc2)CC1. The lowest BCUT2D eigenvalue weighted by Gasteiger charge is -2.41. The zero-order chi connectivity index (χ0) is 30.0. The molecule has 1 saturated carbocycles. The molecule has 6 aromatic carbocycles. The maximum Gasteiger partial charge on any atom is 0.0541 e. The molecule has 0 radical (unpaired) electrons. The van der Waals surface area contributed by atoms with Gasteiger partial charge < -0.3 is 9.13 Å². The fraction of sp³-hybridized carbons (Fsp3) is 0.163. The van der Waals surface area contributed by atoms with Crippen LogP contribution in [0.3, 0.4) is 0 Å². The average molecular weight is 581 g/mol. The summed E-state index contributed by atoms with van der Waals surface area (Å²) >= 11 is 0. The number of para-hydroxylation sites is 4. The molecule has 9 rings (SSSR count). The second-order valence-corrected chi connectivity index (χ2v) is 13.1. The van der Waals surface area contributed by atoms with Crippen LogP contribution in [0.5, 0.6) is 0 Å². The summed E-state index contributed by atoms with van der Waals surface area (Å²) in [5.41, 5.74) is 10.4. The largest absolute Gasteiger partial charge is 0.309 e. The Kier molecular flexibility index (Phi) is 5.99. The summed E-state index contributed by atoms with van der Waals surface area (Å²) in [6.45, 7) is 2.42. The quantitative estimate of drug-likeness (QED) is 0.196. The highest BCUT2D eigenvalue weighted by Gasteiger charge is 2.37. The first-order valence-electron chi connectivity index (χ1n) is 16.4. The highest BCUT2D eigenvalue weighted by atomic mass is 15.0. The molecule has 0 N–H and O–H groups in total. The molecular formula is C43H36N2. The van der Waals surface area contributed by atoms with Crippen molar-refractivity contribution in [2.24, 2.45) is 5.92 Å². The molecule has 2 aromatic heterocycles. The standard InChI is InChI=1S/C43H36N2/c1-30-26-28-43(29-27-30,31-18-22-33(23-19-31)44-39-14-6-2-10-35(39)36-11-3-7-15-40(36)44)32-20-24-34(25-21-32)45-41-16-8-4-12-37(41)38-13-5-9-17-42(38)45/h2-25,30H,26-29H2,1H3. The summed E-state index contributed by atoms with van der Waals surface area (Å²) in [5.74, 6) is 0.770. The van der Waals surface area contributed by atoms with Gasteiger partial charge >= 0.3 is 0 Å². The van der Waals surface area contributed by atoms with Gasteiger partial charge in [-0.15, -0.1) is 0 Å². The summed E-state index contributed by atoms with van der Waals surface area (Å²) in [4.78, 5) is 0. The Morgan fingerprint density at radius 1 is 0.422 bits per heavy atom. The van der Waals surface area contributed by atoms with Gasteiger partial charge in [-0.05, 0) is 91.3 Å². The summed E-state index contributed by atoms with van der Waals surface area (Å²) in [6.07, 6.45) is 4.86. The second kappa shape index (κ2) is 10.2. The van der Waals surface area contributed by atoms with E-state index in [4.69, 9.17) is 0 Å². The van der Waals surface area contributed by atoms with Crippen LogP contribution in [0, 0.1) is 5.92 Å². The van der Waals surface area contributed by atoms with E-state index in [1.807, 2.05) is 0 Å². The summed E-state index contributed by atoms with van der Waals surface area (Å²) in [5, 5.41) is 5.22. The summed E-state index contributed by atoms with van der Waals surface area (Å²) in [6, 6.07) is 54.1. The molecule has 8 aromatic rings. The lowest BCUT2D eigenvalue weighted by Crippen LogP contribution is -2.32. The smallest absolute Gasteiger partial charge is 0.0541 e. The van der Waals surface area contributed by atoms with Crippen LogP contribution in [0.1, 0.15) is 43.7 Å². The van der Waals surface area contributed by atoms with Crippen LogP contribution in [0.2, 0.25) is 0 Å². The molecular weight excluding hydrogens is 544 g/mol. The Bertz CT molecular complexity index is 2060. The Balaban J connectivity index is 1.14. The van der Waals surface area contributed by atoms with Crippen LogP contribution in [-0.4, -0.2) is 9.13 Å². The molecule has 0 unspecified atom stereocenters. The van der Waals surface area contributed by atoms with Crippen molar-refractivity contribution in [3.8, 4) is 11.4 Å². The first-order valence-corrected chi connectivity index (χ1v) is 16.4. The van der Waals surface area contributed by atoms with Crippen molar-refractivity contribution < 1.29 is 0 Å². The number of aromatic nitrogens is 2. The third-order valence-corrected chi connectivity index (χ3v) is 10.6. The van der Waals surface area contributed by atoms with E-state index >= 15 is 0 Å². The van der Waals surface area contributed by atoms with Crippen molar-refractivity contribution in [1.82, 2.24) is 9.13 Å². The highest BCUT2D eigenvalue weighted by molar-refractivity contribution is 6.10. The zero-order valence-corrected chi connectivity index (χ0v) is 25.7. The van der Waals surface area contributed by atoms with E-state index in [1.165, 1.54) is 91.8 Å². The van der Waals surface area contributed by atoms with Crippen LogP contribution in [-0.2, 0) is 5.41 Å². The fourth-order valence-electron chi connectivity index (χ4n) is 8.26. The van der Waals surface area contributed by atoms with Crippen LogP contribution in [0.4, 0.5) is 0 Å². The average Bonchev–Trinajstić information content (AvgIpc) is 3.62. The Morgan fingerprint density at radius 2 is 0.733 bits per heavy atom. The molecule has 2 nitrogen and oxygen atoms in total. The minimum atomic E-state index is 0.0191. The molecule has 0 amide bonds. The molecule has 0 saturated heterocycles. The van der Waals surface area contributed by atoms with Crippen molar-refractivity contribution in [3.63, 3.8) is 0 Å². The van der Waals surface area contributed by atoms with E-state index in [0.717, 1.165) is 5.92 Å². The lowest BCUT2D eigenvalue weighted by atomic mass is 9.63. The molecule has 45 heavy (non-hydrogen) atoms. The maximum absolute atomic E-state index is 2.42. The number of benzene rings is 6. The molecule has 0 spiro atoms. The zero-order valence-electron chi connectivity index (χ0n) is 25.7. The summed E-state index contributed by atoms with van der Waals surface area (Å²) < 4.78 is 4.84. The van der Waals surface area contributed by atoms with E-state index in [-0.39, 0.29) is 5.41 Å². The fourth-order valence-corrected chi connectivity index (χ4v) is 8.26. The number of rotatable bonds is 4. The van der Waals surface area contributed by atoms with Crippen molar-refractivity contribution in [2.75, 3.05) is 0 Å². The van der Waals surface area contributed by atoms with Gasteiger partial charge in [-0.1, -0.05) is 104 Å². The van der Waals surface area contributed by atoms with E-state index in [1.54, 1.807) is 0 Å². The van der Waals surface area contributed by atoms with Gasteiger partial charge in [0.15, 0.2) is 0 Å². The Labute approximate surface area is 264 Å². The predicted molar refractivity (Wildman–Crippen MR) is 190 cm³/mol. The summed E-state index contributed by atoms with van der Waals surface area (Å²) in [7, 11) is 0. The molecule has 0 bridgehead atoms. The number of hydrogen-bond donors (Lipinski definition) is 0. The molecule has 0 aliphatic heterocycles. The number of fused-ring (bicyclic) bond motifs is 6. The van der Waals surface area contributed by atoms with E-state index in [2.05, 4.69) is 162 Å². The van der Waals surface area contributed by atoms with Gasteiger partial charge in [0.1, 0.15) is 0 Å². The maximum atomic E-state index is 2.42. The molecule has 1 aliphatic carbocycles. The lowest BCUT2D eigenvalue weighted by molar-refractivity contribution is 0.280. The molecule has 1 fully saturated rings. The number of nitrogens with zero attached hydrogens (tertiary/aromatic N) is 2. The Hall–Kier alpha value is -5.08. The minimum absolute atomic E-state index is 0.0191. The van der Waals surface area contributed by atoms with Crippen molar-refractivity contribution in [1.29, 1.82) is 0 Å². The van der Waals surface area contributed by atoms with Crippen LogP contribution >= 0.6 is 0 Å². The first kappa shape index (κ1) is 26.3. The Morgan fingerprint density at radius 3 is 1.07 bits per heavy atom. The van der Waals surface area contributed by atoms with Gasteiger partial charge in [-0.2, -0.15) is 0 Å². The second-order valence-electron chi connectivity index (χ2n) is 13.1. The molecule has 1 aliphatic rings. The van der Waals surface area contributed by atoms with Gasteiger partial charge in [0.2, 0.25) is 0 Å². The van der Waals surface area contributed by atoms with Crippen LogP contribution < -0.4 is 0 Å². The van der Waals surface area contributed by atoms with Crippen LogP contribution in [0.15, 0.2) is 146 Å². The van der Waals surface area contributed by atoms with Gasteiger partial charge in [0.25, 0.3) is 0 Å². The normalized spacial score (nSPS) is 15.4. The van der Waals surface area contributed by atoms with E-state index in [0.29, 0.717) is 0 Å². The minimum Gasteiger partial charge on any atom is -0.309 e. The van der Waals surface area contributed by atoms with Gasteiger partial charge in [0, 0.05) is 38.3 Å². The highest BCUT2D eigenvalue weighted by Crippen LogP contribution is 2.47. The van der Waals surface area contributed by atoms with Crippen molar-refractivity contribution >= 4 is 43.6 Å². The molecule has 2 heteroatoms. The van der Waals surface area contributed by atoms with Gasteiger partial charge in [0.05, 0.1) is 22.1 Å². The first-order chi connectivity index (χ1) is 22.2. The molecule has 0 atom stereocenters. The monoisotopic (exact) mass is 580 g/mol.